The monoisotopic (exact) mass is 439 g/mol. The van der Waals surface area contributed by atoms with Crippen molar-refractivity contribution in [3.63, 3.8) is 0 Å². The topological polar surface area (TPSA) is 54.3 Å². The molecule has 0 aliphatic carbocycles. The summed E-state index contributed by atoms with van der Waals surface area (Å²) in [5, 5.41) is 9.44. The molecule has 8 heteroatoms. The van der Waals surface area contributed by atoms with E-state index >= 15 is 0 Å². The van der Waals surface area contributed by atoms with Crippen molar-refractivity contribution >= 4 is 23.4 Å². The van der Waals surface area contributed by atoms with Gasteiger partial charge in [-0.1, -0.05) is 47.7 Å². The van der Waals surface area contributed by atoms with Crippen LogP contribution in [-0.2, 0) is 11.3 Å². The number of nitrogens with zero attached hydrogens (tertiary/aromatic N) is 5. The number of carbonyl (C=O) groups excluding carboxylic acids is 1. The van der Waals surface area contributed by atoms with Crippen LogP contribution >= 0.6 is 11.8 Å². The minimum absolute atomic E-state index is 0.0703. The van der Waals surface area contributed by atoms with Gasteiger partial charge in [-0.05, 0) is 32.0 Å². The summed E-state index contributed by atoms with van der Waals surface area (Å²) in [6.45, 7) is 7.26. The van der Waals surface area contributed by atoms with E-state index in [-0.39, 0.29) is 11.7 Å². The Labute approximate surface area is 186 Å². The van der Waals surface area contributed by atoms with Crippen molar-refractivity contribution in [2.24, 2.45) is 0 Å². The van der Waals surface area contributed by atoms with E-state index in [2.05, 4.69) is 36.2 Å². The maximum Gasteiger partial charge on any atom is 0.233 e. The molecule has 0 radical (unpaired) electrons. The Balaban J connectivity index is 1.36. The van der Waals surface area contributed by atoms with Crippen molar-refractivity contribution in [1.82, 2.24) is 19.7 Å². The molecule has 1 amide bonds. The fourth-order valence-electron chi connectivity index (χ4n) is 3.80. The molecule has 0 saturated carbocycles. The highest BCUT2D eigenvalue weighted by atomic mass is 32.2. The highest BCUT2D eigenvalue weighted by Crippen LogP contribution is 2.25. The minimum Gasteiger partial charge on any atom is -0.366 e. The van der Waals surface area contributed by atoms with Crippen molar-refractivity contribution < 1.29 is 9.18 Å². The van der Waals surface area contributed by atoms with Gasteiger partial charge in [0.05, 0.1) is 11.4 Å². The molecule has 1 saturated heterocycles. The third-order valence-electron chi connectivity index (χ3n) is 5.46. The number of amides is 1. The van der Waals surface area contributed by atoms with Gasteiger partial charge in [-0.15, -0.1) is 10.2 Å². The van der Waals surface area contributed by atoms with Crippen LogP contribution in [0.5, 0.6) is 0 Å². The number of halogens is 1. The normalized spacial score (nSPS) is 14.2. The highest BCUT2D eigenvalue weighted by molar-refractivity contribution is 7.99. The predicted molar refractivity (Wildman–Crippen MR) is 122 cm³/mol. The molecule has 1 aliphatic rings. The second-order valence-corrected chi connectivity index (χ2v) is 8.47. The molecule has 6 nitrogen and oxygen atoms in total. The first-order chi connectivity index (χ1) is 15.1. The lowest BCUT2D eigenvalue weighted by Crippen LogP contribution is -2.49. The van der Waals surface area contributed by atoms with Crippen LogP contribution < -0.4 is 4.90 Å². The van der Waals surface area contributed by atoms with E-state index in [0.29, 0.717) is 37.6 Å². The Morgan fingerprint density at radius 1 is 1.06 bits per heavy atom. The number of benzene rings is 2. The predicted octanol–water partition coefficient (Wildman–Crippen LogP) is 3.85. The van der Waals surface area contributed by atoms with Crippen molar-refractivity contribution in [3.8, 4) is 11.4 Å². The first kappa shape index (κ1) is 21.4. The molecule has 0 spiro atoms. The van der Waals surface area contributed by atoms with Crippen LogP contribution in [0.15, 0.2) is 53.7 Å². The zero-order valence-electron chi connectivity index (χ0n) is 17.8. The standard InChI is InChI=1S/C23H26FN5OS/c1-3-29-22(18-8-6-7-17(2)15-18)25-26-23(29)31-16-21(30)28-13-11-27(12-14-28)20-10-5-4-9-19(20)24/h4-10,15H,3,11-14,16H2,1-2H3. The van der Waals surface area contributed by atoms with E-state index < -0.39 is 0 Å². The summed E-state index contributed by atoms with van der Waals surface area (Å²) in [5.74, 6) is 0.979. The van der Waals surface area contributed by atoms with Gasteiger partial charge in [0.15, 0.2) is 11.0 Å². The molecule has 2 aromatic carbocycles. The van der Waals surface area contributed by atoms with Crippen LogP contribution in [-0.4, -0.2) is 57.5 Å². The van der Waals surface area contributed by atoms with Gasteiger partial charge < -0.3 is 14.4 Å². The maximum atomic E-state index is 14.0. The zero-order chi connectivity index (χ0) is 21.8. The lowest BCUT2D eigenvalue weighted by atomic mass is 10.1. The van der Waals surface area contributed by atoms with Crippen molar-refractivity contribution in [1.29, 1.82) is 0 Å². The van der Waals surface area contributed by atoms with E-state index in [9.17, 15) is 9.18 Å². The quantitative estimate of drug-likeness (QED) is 0.546. The van der Waals surface area contributed by atoms with E-state index in [0.717, 1.165) is 23.1 Å². The third kappa shape index (κ3) is 4.74. The minimum atomic E-state index is -0.221. The van der Waals surface area contributed by atoms with Crippen LogP contribution in [0.1, 0.15) is 12.5 Å². The van der Waals surface area contributed by atoms with Gasteiger partial charge >= 0.3 is 0 Å². The van der Waals surface area contributed by atoms with Crippen molar-refractivity contribution in [2.45, 2.75) is 25.5 Å². The fraction of sp³-hybridized carbons (Fsp3) is 0.348. The van der Waals surface area contributed by atoms with E-state index in [1.54, 1.807) is 12.1 Å². The Hall–Kier alpha value is -2.87. The van der Waals surface area contributed by atoms with Gasteiger partial charge in [0.1, 0.15) is 5.82 Å². The molecule has 3 aromatic rings. The molecule has 1 aromatic heterocycles. The Morgan fingerprint density at radius 3 is 2.55 bits per heavy atom. The molecule has 0 bridgehead atoms. The number of para-hydroxylation sites is 1. The number of thioether (sulfide) groups is 1. The Morgan fingerprint density at radius 2 is 1.84 bits per heavy atom. The number of rotatable bonds is 6. The third-order valence-corrected chi connectivity index (χ3v) is 6.41. The molecule has 0 unspecified atom stereocenters. The lowest BCUT2D eigenvalue weighted by Gasteiger charge is -2.36. The van der Waals surface area contributed by atoms with Gasteiger partial charge in [-0.2, -0.15) is 0 Å². The molecule has 1 aliphatic heterocycles. The van der Waals surface area contributed by atoms with Gasteiger partial charge in [0.2, 0.25) is 5.91 Å². The first-order valence-corrected chi connectivity index (χ1v) is 11.5. The van der Waals surface area contributed by atoms with Crippen molar-refractivity contribution in [3.05, 3.63) is 59.9 Å². The molecule has 0 N–H and O–H groups in total. The number of hydrogen-bond donors (Lipinski definition) is 0. The van der Waals surface area contributed by atoms with Gasteiger partial charge in [0.25, 0.3) is 0 Å². The van der Waals surface area contributed by atoms with E-state index in [1.165, 1.54) is 23.4 Å². The second kappa shape index (κ2) is 9.51. The molecular formula is C23H26FN5OS. The van der Waals surface area contributed by atoms with Gasteiger partial charge in [0, 0.05) is 38.3 Å². The summed E-state index contributed by atoms with van der Waals surface area (Å²) in [4.78, 5) is 16.6. The average Bonchev–Trinajstić information content (AvgIpc) is 3.21. The Kier molecular flexibility index (Phi) is 6.56. The van der Waals surface area contributed by atoms with Gasteiger partial charge in [-0.25, -0.2) is 4.39 Å². The summed E-state index contributed by atoms with van der Waals surface area (Å²) in [7, 11) is 0. The number of aryl methyl sites for hydroxylation is 1. The van der Waals surface area contributed by atoms with E-state index in [4.69, 9.17) is 0 Å². The maximum absolute atomic E-state index is 14.0. The average molecular weight is 440 g/mol. The number of hydrogen-bond acceptors (Lipinski definition) is 5. The summed E-state index contributed by atoms with van der Waals surface area (Å²) in [6.07, 6.45) is 0. The summed E-state index contributed by atoms with van der Waals surface area (Å²) in [6, 6.07) is 15.0. The molecule has 2 heterocycles. The SMILES string of the molecule is CCn1c(SCC(=O)N2CCN(c3ccccc3F)CC2)nnc1-c1cccc(C)c1. The fourth-order valence-corrected chi connectivity index (χ4v) is 4.71. The highest BCUT2D eigenvalue weighted by Gasteiger charge is 2.23. The van der Waals surface area contributed by atoms with Crippen LogP contribution in [0.2, 0.25) is 0 Å². The molecule has 0 atom stereocenters. The molecule has 1 fully saturated rings. The molecule has 4 rings (SSSR count). The van der Waals surface area contributed by atoms with Gasteiger partial charge in [-0.3, -0.25) is 4.79 Å². The first-order valence-electron chi connectivity index (χ1n) is 10.5. The summed E-state index contributed by atoms with van der Waals surface area (Å²) < 4.78 is 16.1. The number of carbonyl (C=O) groups is 1. The number of anilines is 1. The van der Waals surface area contributed by atoms with Crippen LogP contribution in [0, 0.1) is 12.7 Å². The summed E-state index contributed by atoms with van der Waals surface area (Å²) >= 11 is 1.42. The van der Waals surface area contributed by atoms with Crippen LogP contribution in [0.25, 0.3) is 11.4 Å². The number of aromatic nitrogens is 3. The van der Waals surface area contributed by atoms with Crippen LogP contribution in [0.4, 0.5) is 10.1 Å². The zero-order valence-corrected chi connectivity index (χ0v) is 18.6. The lowest BCUT2D eigenvalue weighted by molar-refractivity contribution is -0.128. The van der Waals surface area contributed by atoms with Crippen LogP contribution in [0.3, 0.4) is 0 Å². The molecular weight excluding hydrogens is 413 g/mol. The second-order valence-electron chi connectivity index (χ2n) is 7.53. The summed E-state index contributed by atoms with van der Waals surface area (Å²) in [5.41, 5.74) is 2.79. The van der Waals surface area contributed by atoms with Crippen molar-refractivity contribution in [2.75, 3.05) is 36.8 Å². The Bertz CT molecular complexity index is 1060. The number of piperazine rings is 1. The smallest absolute Gasteiger partial charge is 0.233 e. The van der Waals surface area contributed by atoms with E-state index in [1.807, 2.05) is 32.6 Å². The molecule has 31 heavy (non-hydrogen) atoms. The molecule has 162 valence electrons. The largest absolute Gasteiger partial charge is 0.366 e.